The molecule has 6 nitrogen and oxygen atoms in total. The van der Waals surface area contributed by atoms with E-state index in [1.54, 1.807) is 16.2 Å². The van der Waals surface area contributed by atoms with Crippen molar-refractivity contribution < 1.29 is 24.5 Å². The predicted octanol–water partition coefficient (Wildman–Crippen LogP) is 7.22. The van der Waals surface area contributed by atoms with Gasteiger partial charge in [-0.05, 0) is 87.0 Å². The van der Waals surface area contributed by atoms with Crippen LogP contribution in [0.1, 0.15) is 81.0 Å². The highest BCUT2D eigenvalue weighted by Gasteiger charge is 2.74. The van der Waals surface area contributed by atoms with Crippen molar-refractivity contribution in [1.82, 2.24) is 4.90 Å². The molecule has 3 fully saturated rings. The highest BCUT2D eigenvalue weighted by Crippen LogP contribution is 2.78. The molecule has 8 atom stereocenters. The first-order valence-corrected chi connectivity index (χ1v) is 17.8. The van der Waals surface area contributed by atoms with Crippen LogP contribution in [0.5, 0.6) is 0 Å². The van der Waals surface area contributed by atoms with Crippen LogP contribution in [-0.4, -0.2) is 58.4 Å². The summed E-state index contributed by atoms with van der Waals surface area (Å²) in [4.78, 5) is 30.8. The monoisotopic (exact) mass is 629 g/mol. The summed E-state index contributed by atoms with van der Waals surface area (Å²) in [6.45, 7) is 7.43. The van der Waals surface area contributed by atoms with Crippen LogP contribution in [0.25, 0.3) is 0 Å². The zero-order valence-corrected chi connectivity index (χ0v) is 27.7. The Kier molecular flexibility index (Phi) is 7.50. The van der Waals surface area contributed by atoms with E-state index in [0.717, 1.165) is 37.7 Å². The number of aliphatic hydroxyl groups is 2. The molecule has 2 bridgehead atoms. The number of fused-ring (bicyclic) bond motifs is 1. The molecule has 2 N–H and O–H groups in total. The van der Waals surface area contributed by atoms with Crippen LogP contribution in [0, 0.1) is 33.5 Å². The van der Waals surface area contributed by atoms with Gasteiger partial charge in [0, 0.05) is 38.8 Å². The maximum Gasteiger partial charge on any atom is 0.409 e. The normalized spacial score (nSPS) is 39.4. The van der Waals surface area contributed by atoms with Crippen molar-refractivity contribution in [2.75, 3.05) is 19.7 Å². The number of rotatable bonds is 8. The van der Waals surface area contributed by atoms with Crippen LogP contribution in [0.3, 0.4) is 0 Å². The summed E-state index contributed by atoms with van der Waals surface area (Å²) >= 11 is 1.68. The van der Waals surface area contributed by atoms with Gasteiger partial charge in [-0.15, -0.1) is 11.3 Å². The van der Waals surface area contributed by atoms with E-state index in [0.29, 0.717) is 31.4 Å². The summed E-state index contributed by atoms with van der Waals surface area (Å²) in [6.07, 6.45) is 12.3. The molecule has 0 saturated heterocycles. The van der Waals surface area contributed by atoms with Crippen molar-refractivity contribution in [3.05, 3.63) is 82.1 Å². The number of carbonyl (C=O) groups excluding carboxylic acids is 2. The minimum absolute atomic E-state index is 0.0345. The topological polar surface area (TPSA) is 87.1 Å². The largest absolute Gasteiger partial charge is 0.450 e. The van der Waals surface area contributed by atoms with E-state index in [1.165, 1.54) is 4.88 Å². The number of ketones is 1. The smallest absolute Gasteiger partial charge is 0.409 e. The zero-order valence-electron chi connectivity index (χ0n) is 26.8. The van der Waals surface area contributed by atoms with Crippen molar-refractivity contribution >= 4 is 23.2 Å². The van der Waals surface area contributed by atoms with Gasteiger partial charge in [0.05, 0.1) is 24.9 Å². The van der Waals surface area contributed by atoms with Gasteiger partial charge >= 0.3 is 6.09 Å². The second-order valence-corrected chi connectivity index (χ2v) is 16.0. The molecule has 0 radical (unpaired) electrons. The second kappa shape index (κ2) is 10.9. The van der Waals surface area contributed by atoms with Crippen molar-refractivity contribution in [2.24, 2.45) is 33.5 Å². The molecule has 1 unspecified atom stereocenters. The first kappa shape index (κ1) is 30.9. The molecule has 8 rings (SSSR count). The van der Waals surface area contributed by atoms with Crippen molar-refractivity contribution in [3.8, 4) is 0 Å². The van der Waals surface area contributed by atoms with Crippen LogP contribution in [0.2, 0.25) is 0 Å². The third-order valence-electron chi connectivity index (χ3n) is 13.2. The number of allylic oxidation sites excluding steroid dienone is 4. The average Bonchev–Trinajstić information content (AvgIpc) is 3.65. The molecule has 3 saturated carbocycles. The van der Waals surface area contributed by atoms with Gasteiger partial charge in [-0.2, -0.15) is 0 Å². The maximum absolute atomic E-state index is 14.6. The van der Waals surface area contributed by atoms with Crippen LogP contribution in [0.4, 0.5) is 4.79 Å². The number of aliphatic hydroxyl groups excluding tert-OH is 1. The summed E-state index contributed by atoms with van der Waals surface area (Å²) in [5.41, 5.74) is -1.05. The Bertz CT molecular complexity index is 1520. The number of benzene rings is 1. The standard InChI is InChI=1S/C38H47NO5S/c1-4-44-33(42)39(21-15-28-11-8-22-45-28)25-37(43)18-14-31-35(37,3)17-13-30-34(2)16-12-27(40)23-36(34)19-20-38(30,31)29(24-36)32(41)26-9-6-5-7-10-26/h5-11,19-20,22,24,27,30-31,40,43H,4,12-18,21,23,25H2,1-3H3/t27?,30-,31-,34-,35+,36+,37-,38-/m1/s1. The van der Waals surface area contributed by atoms with Crippen molar-refractivity contribution in [2.45, 2.75) is 83.8 Å². The second-order valence-electron chi connectivity index (χ2n) is 15.0. The van der Waals surface area contributed by atoms with Crippen molar-refractivity contribution in [1.29, 1.82) is 0 Å². The number of amides is 1. The molecule has 1 heterocycles. The Morgan fingerprint density at radius 1 is 0.978 bits per heavy atom. The highest BCUT2D eigenvalue weighted by molar-refractivity contribution is 7.09. The lowest BCUT2D eigenvalue weighted by molar-refractivity contribution is -0.175. The van der Waals surface area contributed by atoms with Crippen molar-refractivity contribution in [3.63, 3.8) is 0 Å². The lowest BCUT2D eigenvalue weighted by atomic mass is 9.32. The third-order valence-corrected chi connectivity index (χ3v) is 14.1. The van der Waals surface area contributed by atoms with Crippen LogP contribution < -0.4 is 0 Å². The van der Waals surface area contributed by atoms with Crippen LogP contribution in [0.15, 0.2) is 71.6 Å². The zero-order chi connectivity index (χ0) is 31.7. The molecule has 240 valence electrons. The fraction of sp³-hybridized carbons (Fsp3) is 0.579. The quantitative estimate of drug-likeness (QED) is 0.238. The molecule has 7 heteroatoms. The Morgan fingerprint density at radius 2 is 1.71 bits per heavy atom. The van der Waals surface area contributed by atoms with E-state index in [2.05, 4.69) is 38.1 Å². The van der Waals surface area contributed by atoms with Gasteiger partial charge in [0.2, 0.25) is 0 Å². The fourth-order valence-electron chi connectivity index (χ4n) is 10.8. The molecular formula is C38H47NO5S. The Balaban J connectivity index is 1.29. The summed E-state index contributed by atoms with van der Waals surface area (Å²) in [5.74, 6) is 0.332. The molecule has 6 aliphatic carbocycles. The van der Waals surface area contributed by atoms with E-state index in [4.69, 9.17) is 4.74 Å². The number of hydrogen-bond donors (Lipinski definition) is 2. The third kappa shape index (κ3) is 4.40. The Hall–Kier alpha value is -2.74. The molecule has 0 aliphatic heterocycles. The minimum atomic E-state index is -1.12. The maximum atomic E-state index is 14.6. The fourth-order valence-corrected chi connectivity index (χ4v) is 11.5. The molecule has 45 heavy (non-hydrogen) atoms. The number of carbonyl (C=O) groups is 2. The summed E-state index contributed by atoms with van der Waals surface area (Å²) in [6, 6.07) is 13.7. The number of Topliss-reactive ketones (excluding diaryl/α,β-unsaturated/α-hetero) is 1. The van der Waals surface area contributed by atoms with Gasteiger partial charge in [0.25, 0.3) is 0 Å². The first-order chi connectivity index (χ1) is 21.5. The number of hydrogen-bond acceptors (Lipinski definition) is 6. The molecular weight excluding hydrogens is 582 g/mol. The molecule has 1 aromatic carbocycles. The summed E-state index contributed by atoms with van der Waals surface area (Å²) in [7, 11) is 0. The molecule has 6 aliphatic rings. The van der Waals surface area contributed by atoms with E-state index < -0.39 is 16.4 Å². The van der Waals surface area contributed by atoms with Crippen LogP contribution >= 0.6 is 11.3 Å². The van der Waals surface area contributed by atoms with E-state index in [-0.39, 0.29) is 53.8 Å². The molecule has 2 spiro atoms. The number of ether oxygens (including phenoxy) is 1. The number of nitrogens with zero attached hydrogens (tertiary/aromatic N) is 1. The highest BCUT2D eigenvalue weighted by atomic mass is 32.1. The summed E-state index contributed by atoms with van der Waals surface area (Å²) in [5, 5.41) is 25.7. The van der Waals surface area contributed by atoms with Gasteiger partial charge < -0.3 is 19.8 Å². The van der Waals surface area contributed by atoms with Gasteiger partial charge in [-0.1, -0.05) is 68.5 Å². The SMILES string of the molecule is CCOC(=O)N(CCc1cccs1)C[C@]1(O)CC[C@H]2[C@]34C=C[C@@]5(C=C3C(=O)c3ccccc3)CC(O)CC[C@]5(C)[C@H]4CC[C@@]21C. The lowest BCUT2D eigenvalue weighted by Gasteiger charge is -2.71. The summed E-state index contributed by atoms with van der Waals surface area (Å²) < 4.78 is 5.50. The van der Waals surface area contributed by atoms with Gasteiger partial charge in [0.1, 0.15) is 0 Å². The first-order valence-electron chi connectivity index (χ1n) is 16.9. The van der Waals surface area contributed by atoms with Gasteiger partial charge in [-0.25, -0.2) is 4.79 Å². The van der Waals surface area contributed by atoms with Gasteiger partial charge in [0.15, 0.2) is 5.78 Å². The minimum Gasteiger partial charge on any atom is -0.450 e. The predicted molar refractivity (Wildman–Crippen MR) is 176 cm³/mol. The lowest BCUT2D eigenvalue weighted by Crippen LogP contribution is -2.67. The molecule has 2 aromatic rings. The Morgan fingerprint density at radius 3 is 2.44 bits per heavy atom. The number of thiophene rings is 1. The van der Waals surface area contributed by atoms with E-state index in [1.807, 2.05) is 48.7 Å². The van der Waals surface area contributed by atoms with Gasteiger partial charge in [-0.3, -0.25) is 4.79 Å². The average molecular weight is 630 g/mol. The van der Waals surface area contributed by atoms with E-state index in [9.17, 15) is 19.8 Å². The van der Waals surface area contributed by atoms with E-state index >= 15 is 0 Å². The molecule has 1 aromatic heterocycles. The molecule has 1 amide bonds. The van der Waals surface area contributed by atoms with Crippen LogP contribution in [-0.2, 0) is 11.2 Å². The Labute approximate surface area is 271 Å².